The monoisotopic (exact) mass is 529 g/mol. The number of benzene rings is 3. The maximum Gasteiger partial charge on any atom is 0.309 e. The summed E-state index contributed by atoms with van der Waals surface area (Å²) in [5.41, 5.74) is 4.96. The van der Waals surface area contributed by atoms with Crippen molar-refractivity contribution in [1.82, 2.24) is 0 Å². The Hall–Kier alpha value is -3.60. The van der Waals surface area contributed by atoms with Crippen LogP contribution in [0.25, 0.3) is 11.1 Å². The number of hydrogen-bond acceptors (Lipinski definition) is 4. The van der Waals surface area contributed by atoms with Crippen LogP contribution in [0.5, 0.6) is 5.75 Å². The van der Waals surface area contributed by atoms with Gasteiger partial charge in [0.2, 0.25) is 0 Å². The van der Waals surface area contributed by atoms with Gasteiger partial charge in [0.05, 0.1) is 5.41 Å². The first-order valence-corrected chi connectivity index (χ1v) is 14.0. The SMILES string of the molecule is CCC(CC)c1ccc(N(Cc2cccc(-c3ccc(OCC(=O)CC(C)(C)C(=O)O)cc3)c2)C(C)C)cc1. The second kappa shape index (κ2) is 13.5. The van der Waals surface area contributed by atoms with Gasteiger partial charge in [0.15, 0.2) is 5.78 Å². The van der Waals surface area contributed by atoms with Crippen molar-refractivity contribution >= 4 is 17.4 Å². The first-order valence-electron chi connectivity index (χ1n) is 14.0. The van der Waals surface area contributed by atoms with Crippen molar-refractivity contribution in [3.05, 3.63) is 83.9 Å². The van der Waals surface area contributed by atoms with Crippen molar-refractivity contribution in [3.8, 4) is 16.9 Å². The molecule has 0 spiro atoms. The second-order valence-corrected chi connectivity index (χ2v) is 11.2. The molecule has 5 nitrogen and oxygen atoms in total. The van der Waals surface area contributed by atoms with E-state index < -0.39 is 11.4 Å². The van der Waals surface area contributed by atoms with E-state index in [2.05, 4.69) is 81.1 Å². The molecular formula is C34H43NO4. The van der Waals surface area contributed by atoms with Gasteiger partial charge in [-0.25, -0.2) is 0 Å². The van der Waals surface area contributed by atoms with E-state index in [1.807, 2.05) is 24.3 Å². The average molecular weight is 530 g/mol. The van der Waals surface area contributed by atoms with Gasteiger partial charge in [0.25, 0.3) is 0 Å². The summed E-state index contributed by atoms with van der Waals surface area (Å²) in [4.78, 5) is 25.9. The minimum atomic E-state index is -1.10. The molecule has 0 aromatic heterocycles. The lowest BCUT2D eigenvalue weighted by atomic mass is 9.88. The molecule has 0 bridgehead atoms. The Morgan fingerprint density at radius 2 is 1.54 bits per heavy atom. The lowest BCUT2D eigenvalue weighted by Crippen LogP contribution is -2.30. The first kappa shape index (κ1) is 29.9. The highest BCUT2D eigenvalue weighted by Crippen LogP contribution is 2.29. The van der Waals surface area contributed by atoms with E-state index in [1.54, 1.807) is 13.8 Å². The van der Waals surface area contributed by atoms with Gasteiger partial charge in [0, 0.05) is 24.7 Å². The van der Waals surface area contributed by atoms with Gasteiger partial charge >= 0.3 is 5.97 Å². The zero-order valence-electron chi connectivity index (χ0n) is 24.2. The van der Waals surface area contributed by atoms with Gasteiger partial charge in [-0.15, -0.1) is 0 Å². The molecule has 0 fully saturated rings. The largest absolute Gasteiger partial charge is 0.486 e. The number of nitrogens with zero attached hydrogens (tertiary/aromatic N) is 1. The number of carbonyl (C=O) groups is 2. The van der Waals surface area contributed by atoms with E-state index in [1.165, 1.54) is 16.8 Å². The number of Topliss-reactive ketones (excluding diaryl/α,β-unsaturated/α-hetero) is 1. The summed E-state index contributed by atoms with van der Waals surface area (Å²) in [6, 6.07) is 25.7. The Morgan fingerprint density at radius 3 is 2.10 bits per heavy atom. The third-order valence-electron chi connectivity index (χ3n) is 7.39. The second-order valence-electron chi connectivity index (χ2n) is 11.2. The zero-order valence-corrected chi connectivity index (χ0v) is 24.2. The molecule has 0 heterocycles. The van der Waals surface area contributed by atoms with Crippen molar-refractivity contribution in [3.63, 3.8) is 0 Å². The summed E-state index contributed by atoms with van der Waals surface area (Å²) in [6.45, 7) is 12.7. The van der Waals surface area contributed by atoms with E-state index in [9.17, 15) is 14.7 Å². The molecule has 39 heavy (non-hydrogen) atoms. The van der Waals surface area contributed by atoms with E-state index in [0.717, 1.165) is 30.5 Å². The van der Waals surface area contributed by atoms with Crippen molar-refractivity contribution in [2.24, 2.45) is 5.41 Å². The van der Waals surface area contributed by atoms with Crippen molar-refractivity contribution < 1.29 is 19.4 Å². The van der Waals surface area contributed by atoms with Crippen LogP contribution < -0.4 is 9.64 Å². The van der Waals surface area contributed by atoms with Crippen LogP contribution in [0, 0.1) is 5.41 Å². The highest BCUT2D eigenvalue weighted by atomic mass is 16.5. The Morgan fingerprint density at radius 1 is 0.897 bits per heavy atom. The van der Waals surface area contributed by atoms with Gasteiger partial charge in [-0.2, -0.15) is 0 Å². The number of carboxylic acid groups (broad SMARTS) is 1. The number of ketones is 1. The molecule has 0 amide bonds. The topological polar surface area (TPSA) is 66.8 Å². The number of rotatable bonds is 14. The number of ether oxygens (including phenoxy) is 1. The molecule has 5 heteroatoms. The standard InChI is InChI=1S/C34H43NO4/c1-7-26(8-2)27-12-16-30(17-13-27)35(24(3)4)22-25-10-9-11-29(20-25)28-14-18-32(19-15-28)39-23-31(36)21-34(5,6)33(37)38/h9-20,24,26H,7-8,21-23H2,1-6H3,(H,37,38). The van der Waals surface area contributed by atoms with Crippen LogP contribution in [0.2, 0.25) is 0 Å². The summed E-state index contributed by atoms with van der Waals surface area (Å²) in [6.07, 6.45) is 2.25. The van der Waals surface area contributed by atoms with Crippen LogP contribution >= 0.6 is 0 Å². The summed E-state index contributed by atoms with van der Waals surface area (Å²) in [5.74, 6) is -0.0307. The molecule has 0 saturated heterocycles. The summed E-state index contributed by atoms with van der Waals surface area (Å²) >= 11 is 0. The van der Waals surface area contributed by atoms with Crippen LogP contribution in [0.1, 0.15) is 77.8 Å². The fourth-order valence-corrected chi connectivity index (χ4v) is 4.84. The minimum Gasteiger partial charge on any atom is -0.486 e. The Balaban J connectivity index is 1.67. The predicted molar refractivity (Wildman–Crippen MR) is 159 cm³/mol. The predicted octanol–water partition coefficient (Wildman–Crippen LogP) is 8.12. The average Bonchev–Trinajstić information content (AvgIpc) is 2.92. The van der Waals surface area contributed by atoms with E-state index in [0.29, 0.717) is 17.7 Å². The van der Waals surface area contributed by atoms with Gasteiger partial charge in [-0.05, 0) is 99.0 Å². The fraction of sp³-hybridized carbons (Fsp3) is 0.412. The maximum absolute atomic E-state index is 12.2. The fourth-order valence-electron chi connectivity index (χ4n) is 4.84. The van der Waals surface area contributed by atoms with E-state index in [4.69, 9.17) is 4.74 Å². The molecule has 0 radical (unpaired) electrons. The molecule has 3 aromatic rings. The van der Waals surface area contributed by atoms with Crippen LogP contribution in [0.4, 0.5) is 5.69 Å². The normalized spacial score (nSPS) is 11.6. The van der Waals surface area contributed by atoms with Gasteiger partial charge < -0.3 is 14.7 Å². The number of carbonyl (C=O) groups excluding carboxylic acids is 1. The number of anilines is 1. The van der Waals surface area contributed by atoms with Crippen LogP contribution in [0.15, 0.2) is 72.8 Å². The van der Waals surface area contributed by atoms with Crippen LogP contribution in [-0.2, 0) is 16.1 Å². The van der Waals surface area contributed by atoms with E-state index in [-0.39, 0.29) is 18.8 Å². The van der Waals surface area contributed by atoms with Crippen molar-refractivity contribution in [2.45, 2.75) is 79.3 Å². The molecule has 0 aliphatic rings. The maximum atomic E-state index is 12.2. The summed E-state index contributed by atoms with van der Waals surface area (Å²) in [5, 5.41) is 9.22. The molecule has 0 aliphatic carbocycles. The first-order chi connectivity index (χ1) is 18.5. The Labute approximate surface area is 233 Å². The minimum absolute atomic E-state index is 0.0667. The molecular weight excluding hydrogens is 486 g/mol. The lowest BCUT2D eigenvalue weighted by molar-refractivity contribution is -0.149. The van der Waals surface area contributed by atoms with Crippen LogP contribution in [0.3, 0.4) is 0 Å². The molecule has 0 atom stereocenters. The number of carboxylic acids is 1. The number of aliphatic carboxylic acids is 1. The quantitative estimate of drug-likeness (QED) is 0.228. The third-order valence-corrected chi connectivity index (χ3v) is 7.39. The highest BCUT2D eigenvalue weighted by molar-refractivity contribution is 5.86. The van der Waals surface area contributed by atoms with Gasteiger partial charge in [-0.3, -0.25) is 9.59 Å². The zero-order chi connectivity index (χ0) is 28.6. The van der Waals surface area contributed by atoms with Crippen molar-refractivity contribution in [1.29, 1.82) is 0 Å². The molecule has 3 rings (SSSR count). The summed E-state index contributed by atoms with van der Waals surface area (Å²) < 4.78 is 5.62. The van der Waals surface area contributed by atoms with Gasteiger partial charge in [0.1, 0.15) is 12.4 Å². The number of hydrogen-bond donors (Lipinski definition) is 1. The van der Waals surface area contributed by atoms with Crippen LogP contribution in [-0.4, -0.2) is 29.5 Å². The molecule has 0 aliphatic heterocycles. The highest BCUT2D eigenvalue weighted by Gasteiger charge is 2.30. The molecule has 208 valence electrons. The Bertz CT molecular complexity index is 1220. The van der Waals surface area contributed by atoms with Gasteiger partial charge in [-0.1, -0.05) is 56.3 Å². The smallest absolute Gasteiger partial charge is 0.309 e. The Kier molecular flexibility index (Phi) is 10.3. The lowest BCUT2D eigenvalue weighted by Gasteiger charge is -2.30. The molecule has 0 saturated carbocycles. The molecule has 1 N–H and O–H groups in total. The summed E-state index contributed by atoms with van der Waals surface area (Å²) in [7, 11) is 0. The van der Waals surface area contributed by atoms with Crippen molar-refractivity contribution in [2.75, 3.05) is 11.5 Å². The van der Waals surface area contributed by atoms with E-state index >= 15 is 0 Å². The molecule has 0 unspecified atom stereocenters. The molecule has 3 aromatic carbocycles. The third kappa shape index (κ3) is 8.19.